The van der Waals surface area contributed by atoms with Crippen molar-refractivity contribution in [3.05, 3.63) is 21.4 Å². The smallest absolute Gasteiger partial charge is 0.321 e. The number of ether oxygens (including phenoxy) is 1. The van der Waals surface area contributed by atoms with Crippen molar-refractivity contribution in [2.45, 2.75) is 17.0 Å². The summed E-state index contributed by atoms with van der Waals surface area (Å²) in [5, 5.41) is 2.74. The van der Waals surface area contributed by atoms with Gasteiger partial charge in [0.15, 0.2) is 0 Å². The Morgan fingerprint density at radius 3 is 3.05 bits per heavy atom. The van der Waals surface area contributed by atoms with E-state index in [4.69, 9.17) is 0 Å². The molecule has 0 aliphatic carbocycles. The molecule has 0 aromatic carbocycles. The summed E-state index contributed by atoms with van der Waals surface area (Å²) in [7, 11) is 1.32. The van der Waals surface area contributed by atoms with Crippen LogP contribution in [0.1, 0.15) is 20.1 Å². The van der Waals surface area contributed by atoms with E-state index < -0.39 is 4.83 Å². The van der Waals surface area contributed by atoms with Crippen LogP contribution < -0.4 is 5.32 Å². The Hall–Kier alpha value is -0.530. The van der Waals surface area contributed by atoms with Crippen LogP contribution in [0.3, 0.4) is 0 Å². The summed E-state index contributed by atoms with van der Waals surface area (Å²) in [6, 6.07) is 1.96. The fraction of sp³-hybridized carbons (Fsp3) is 0.500. The standard InChI is InChI=1S/C12H14BrNO3S2/c1-17-12(16)8(13)5-14-11(15)10-4-7-6-18-3-2-9(7)19-10/h4,8H,2-3,5-6H2,1H3,(H,14,15). The van der Waals surface area contributed by atoms with Crippen LogP contribution in [0.4, 0.5) is 0 Å². The molecule has 1 unspecified atom stereocenters. The average Bonchev–Trinajstić information content (AvgIpc) is 2.87. The van der Waals surface area contributed by atoms with Crippen LogP contribution in [0.25, 0.3) is 0 Å². The summed E-state index contributed by atoms with van der Waals surface area (Å²) in [6.07, 6.45) is 1.04. The number of carbonyl (C=O) groups excluding carboxylic acids is 2. The number of aryl methyl sites for hydroxylation is 1. The van der Waals surface area contributed by atoms with Crippen molar-refractivity contribution in [3.63, 3.8) is 0 Å². The Balaban J connectivity index is 1.93. The van der Waals surface area contributed by atoms with Crippen molar-refractivity contribution >= 4 is 50.9 Å². The number of fused-ring (bicyclic) bond motifs is 1. The highest BCUT2D eigenvalue weighted by Gasteiger charge is 2.20. The quantitative estimate of drug-likeness (QED) is 0.658. The number of rotatable bonds is 4. The summed E-state index contributed by atoms with van der Waals surface area (Å²) in [5.41, 5.74) is 1.27. The number of hydrogen-bond acceptors (Lipinski definition) is 5. The Labute approximate surface area is 128 Å². The molecule has 19 heavy (non-hydrogen) atoms. The van der Waals surface area contributed by atoms with Crippen LogP contribution >= 0.6 is 39.0 Å². The van der Waals surface area contributed by atoms with Crippen molar-refractivity contribution in [1.29, 1.82) is 0 Å². The molecule has 0 bridgehead atoms. The van der Waals surface area contributed by atoms with Gasteiger partial charge in [0.2, 0.25) is 0 Å². The summed E-state index contributed by atoms with van der Waals surface area (Å²) in [5.74, 6) is 1.60. The molecule has 1 aromatic heterocycles. The van der Waals surface area contributed by atoms with Gasteiger partial charge in [-0.05, 0) is 23.8 Å². The average molecular weight is 364 g/mol. The summed E-state index contributed by atoms with van der Waals surface area (Å²) < 4.78 is 4.58. The maximum Gasteiger partial charge on any atom is 0.321 e. The van der Waals surface area contributed by atoms with Crippen LogP contribution in [-0.4, -0.2) is 36.1 Å². The first-order chi connectivity index (χ1) is 9.11. The number of nitrogens with one attached hydrogen (secondary N) is 1. The number of alkyl halides is 1. The van der Waals surface area contributed by atoms with Crippen molar-refractivity contribution in [1.82, 2.24) is 5.32 Å². The number of thiophene rings is 1. The Morgan fingerprint density at radius 2 is 2.37 bits per heavy atom. The monoisotopic (exact) mass is 363 g/mol. The lowest BCUT2D eigenvalue weighted by atomic mass is 10.2. The summed E-state index contributed by atoms with van der Waals surface area (Å²) in [6.45, 7) is 0.225. The molecule has 1 N–H and O–H groups in total. The maximum atomic E-state index is 12.0. The van der Waals surface area contributed by atoms with Crippen molar-refractivity contribution in [2.24, 2.45) is 0 Å². The molecular formula is C12H14BrNO3S2. The first kappa shape index (κ1) is 14.9. The Morgan fingerprint density at radius 1 is 1.58 bits per heavy atom. The topological polar surface area (TPSA) is 55.4 Å². The van der Waals surface area contributed by atoms with Crippen LogP contribution in [0.2, 0.25) is 0 Å². The van der Waals surface area contributed by atoms with Crippen LogP contribution in [0.5, 0.6) is 0 Å². The molecule has 1 aromatic rings. The van der Waals surface area contributed by atoms with E-state index in [0.717, 1.165) is 22.8 Å². The fourth-order valence-electron chi connectivity index (χ4n) is 1.74. The molecule has 104 valence electrons. The molecule has 0 radical (unpaired) electrons. The molecule has 0 spiro atoms. The van der Waals surface area contributed by atoms with Gasteiger partial charge in [-0.25, -0.2) is 0 Å². The van der Waals surface area contributed by atoms with Crippen molar-refractivity contribution in [2.75, 3.05) is 19.4 Å². The van der Waals surface area contributed by atoms with Gasteiger partial charge in [-0.2, -0.15) is 11.8 Å². The van der Waals surface area contributed by atoms with Gasteiger partial charge in [0.25, 0.3) is 5.91 Å². The number of thioether (sulfide) groups is 1. The summed E-state index contributed by atoms with van der Waals surface area (Å²) >= 11 is 6.62. The first-order valence-corrected chi connectivity index (χ1v) is 8.70. The van der Waals surface area contributed by atoms with E-state index in [1.807, 2.05) is 17.8 Å². The predicted molar refractivity (Wildman–Crippen MR) is 81.2 cm³/mol. The molecule has 1 atom stereocenters. The molecule has 0 fully saturated rings. The van der Waals surface area contributed by atoms with Crippen LogP contribution in [-0.2, 0) is 21.7 Å². The van der Waals surface area contributed by atoms with Gasteiger partial charge in [-0.1, -0.05) is 15.9 Å². The number of carbonyl (C=O) groups is 2. The van der Waals surface area contributed by atoms with E-state index >= 15 is 0 Å². The first-order valence-electron chi connectivity index (χ1n) is 5.81. The van der Waals surface area contributed by atoms with E-state index in [0.29, 0.717) is 0 Å². The van der Waals surface area contributed by atoms with Crippen molar-refractivity contribution < 1.29 is 14.3 Å². The van der Waals surface area contributed by atoms with Gasteiger partial charge in [0.05, 0.1) is 12.0 Å². The van der Waals surface area contributed by atoms with Crippen LogP contribution in [0.15, 0.2) is 6.07 Å². The normalized spacial score (nSPS) is 15.5. The molecular weight excluding hydrogens is 350 g/mol. The molecule has 1 aliphatic rings. The van der Waals surface area contributed by atoms with E-state index in [1.54, 1.807) is 11.3 Å². The molecule has 0 saturated carbocycles. The number of hydrogen-bond donors (Lipinski definition) is 1. The minimum atomic E-state index is -0.508. The minimum Gasteiger partial charge on any atom is -0.468 e. The third-order valence-electron chi connectivity index (χ3n) is 2.75. The van der Waals surface area contributed by atoms with Gasteiger partial charge in [0, 0.05) is 17.2 Å². The number of methoxy groups -OCH3 is 1. The highest BCUT2D eigenvalue weighted by Crippen LogP contribution is 2.31. The highest BCUT2D eigenvalue weighted by atomic mass is 79.9. The molecule has 1 amide bonds. The maximum absolute atomic E-state index is 12.0. The zero-order valence-corrected chi connectivity index (χ0v) is 13.6. The van der Waals surface area contributed by atoms with E-state index in [2.05, 4.69) is 26.0 Å². The second kappa shape index (κ2) is 6.76. The van der Waals surface area contributed by atoms with Gasteiger partial charge < -0.3 is 10.1 Å². The van der Waals surface area contributed by atoms with Gasteiger partial charge in [0.1, 0.15) is 4.83 Å². The molecule has 2 heterocycles. The highest BCUT2D eigenvalue weighted by molar-refractivity contribution is 9.10. The SMILES string of the molecule is COC(=O)C(Br)CNC(=O)c1cc2c(s1)CCSC2. The predicted octanol–water partition coefficient (Wildman–Crippen LogP) is 2.20. The third-order valence-corrected chi connectivity index (χ3v) is 5.69. The Kier molecular flexibility index (Phi) is 5.29. The fourth-order valence-corrected chi connectivity index (χ4v) is 4.38. The Bertz CT molecular complexity index is 466. The van der Waals surface area contributed by atoms with E-state index in [9.17, 15) is 9.59 Å². The lowest BCUT2D eigenvalue weighted by molar-refractivity contribution is -0.139. The third kappa shape index (κ3) is 3.73. The minimum absolute atomic E-state index is 0.127. The largest absolute Gasteiger partial charge is 0.468 e. The molecule has 2 rings (SSSR count). The van der Waals surface area contributed by atoms with E-state index in [1.165, 1.54) is 17.6 Å². The zero-order chi connectivity index (χ0) is 13.8. The van der Waals surface area contributed by atoms with Crippen molar-refractivity contribution in [3.8, 4) is 0 Å². The van der Waals surface area contributed by atoms with Gasteiger partial charge >= 0.3 is 5.97 Å². The van der Waals surface area contributed by atoms with Gasteiger partial charge in [-0.3, -0.25) is 9.59 Å². The molecule has 7 heteroatoms. The second-order valence-electron chi connectivity index (χ2n) is 4.06. The number of halogens is 1. The second-order valence-corrected chi connectivity index (χ2v) is 7.41. The van der Waals surface area contributed by atoms with Crippen LogP contribution in [0, 0.1) is 0 Å². The summed E-state index contributed by atoms with van der Waals surface area (Å²) in [4.78, 5) is 24.7. The molecule has 1 aliphatic heterocycles. The lowest BCUT2D eigenvalue weighted by Gasteiger charge is -2.08. The lowest BCUT2D eigenvalue weighted by Crippen LogP contribution is -2.33. The zero-order valence-electron chi connectivity index (χ0n) is 10.4. The van der Waals surface area contributed by atoms with Gasteiger partial charge in [-0.15, -0.1) is 11.3 Å². The van der Waals surface area contributed by atoms with E-state index in [-0.39, 0.29) is 18.4 Å². The number of amides is 1. The number of esters is 1. The molecule has 4 nitrogen and oxygen atoms in total. The molecule has 0 saturated heterocycles.